The summed E-state index contributed by atoms with van der Waals surface area (Å²) in [5, 5.41) is 4.08. The molecule has 0 aliphatic rings. The molecule has 0 saturated heterocycles. The maximum atomic E-state index is 12.3. The van der Waals surface area contributed by atoms with Crippen molar-refractivity contribution in [2.45, 2.75) is 40.0 Å². The van der Waals surface area contributed by atoms with Crippen molar-refractivity contribution in [1.29, 1.82) is 0 Å². The van der Waals surface area contributed by atoms with Crippen LogP contribution < -0.4 is 10.1 Å². The molecule has 0 radical (unpaired) electrons. The number of nitrogens with one attached hydrogen (secondary N) is 3. The summed E-state index contributed by atoms with van der Waals surface area (Å²) in [7, 11) is 1.65. The van der Waals surface area contributed by atoms with Crippen LogP contribution in [0.15, 0.2) is 24.4 Å². The number of rotatable bonds is 9. The zero-order valence-electron chi connectivity index (χ0n) is 18.0. The quantitative estimate of drug-likeness (QED) is 0.469. The van der Waals surface area contributed by atoms with Gasteiger partial charge in [-0.05, 0) is 62.9 Å². The first-order chi connectivity index (χ1) is 14.4. The maximum Gasteiger partial charge on any atom is 0.340 e. The molecule has 3 N–H and O–H groups in total. The zero-order valence-corrected chi connectivity index (χ0v) is 18.0. The van der Waals surface area contributed by atoms with Crippen molar-refractivity contribution in [3.8, 4) is 5.75 Å². The Morgan fingerprint density at radius 1 is 1.17 bits per heavy atom. The zero-order chi connectivity index (χ0) is 21.7. The normalized spacial score (nSPS) is 10.9. The minimum atomic E-state index is -0.324. The van der Waals surface area contributed by atoms with E-state index < -0.39 is 0 Å². The van der Waals surface area contributed by atoms with E-state index in [9.17, 15) is 9.59 Å². The largest absolute Gasteiger partial charge is 0.497 e. The van der Waals surface area contributed by atoms with E-state index in [0.29, 0.717) is 31.6 Å². The van der Waals surface area contributed by atoms with Crippen LogP contribution in [0.5, 0.6) is 5.75 Å². The van der Waals surface area contributed by atoms with Crippen molar-refractivity contribution in [1.82, 2.24) is 15.3 Å². The van der Waals surface area contributed by atoms with Crippen LogP contribution in [-0.2, 0) is 22.4 Å². The Labute approximate surface area is 176 Å². The average molecular weight is 412 g/mol. The number of methoxy groups -OCH3 is 1. The first-order valence-electron chi connectivity index (χ1n) is 10.2. The number of amides is 1. The highest BCUT2D eigenvalue weighted by atomic mass is 16.5. The van der Waals surface area contributed by atoms with Gasteiger partial charge in [0.25, 0.3) is 0 Å². The van der Waals surface area contributed by atoms with Crippen molar-refractivity contribution in [2.24, 2.45) is 0 Å². The van der Waals surface area contributed by atoms with Gasteiger partial charge in [0.2, 0.25) is 5.91 Å². The van der Waals surface area contributed by atoms with Crippen molar-refractivity contribution in [3.63, 3.8) is 0 Å². The van der Waals surface area contributed by atoms with Gasteiger partial charge in [0, 0.05) is 41.5 Å². The Bertz CT molecular complexity index is 1050. The molecule has 2 aromatic heterocycles. The van der Waals surface area contributed by atoms with Gasteiger partial charge in [0.1, 0.15) is 5.75 Å². The molecule has 0 aliphatic carbocycles. The molecular weight excluding hydrogens is 382 g/mol. The fourth-order valence-corrected chi connectivity index (χ4v) is 3.73. The molecule has 0 unspecified atom stereocenters. The molecule has 160 valence electrons. The van der Waals surface area contributed by atoms with E-state index in [-0.39, 0.29) is 11.9 Å². The lowest BCUT2D eigenvalue weighted by Gasteiger charge is -2.06. The van der Waals surface area contributed by atoms with Crippen LogP contribution in [0.1, 0.15) is 46.2 Å². The van der Waals surface area contributed by atoms with E-state index in [1.54, 1.807) is 14.0 Å². The van der Waals surface area contributed by atoms with E-state index in [1.165, 1.54) is 0 Å². The van der Waals surface area contributed by atoms with Gasteiger partial charge in [0.15, 0.2) is 0 Å². The number of carbonyl (C=O) groups excluding carboxylic acids is 2. The van der Waals surface area contributed by atoms with Gasteiger partial charge in [0.05, 0.1) is 19.3 Å². The fraction of sp³-hybridized carbons (Fsp3) is 0.391. The van der Waals surface area contributed by atoms with E-state index >= 15 is 0 Å². The summed E-state index contributed by atoms with van der Waals surface area (Å²) in [5.74, 6) is 0.470. The van der Waals surface area contributed by atoms with Gasteiger partial charge >= 0.3 is 5.97 Å². The third kappa shape index (κ3) is 4.67. The second kappa shape index (κ2) is 9.52. The van der Waals surface area contributed by atoms with Gasteiger partial charge in [-0.1, -0.05) is 0 Å². The van der Waals surface area contributed by atoms with Gasteiger partial charge in [-0.25, -0.2) is 4.79 Å². The summed E-state index contributed by atoms with van der Waals surface area (Å²) in [6, 6.07) is 5.91. The number of carbonyl (C=O) groups is 2. The van der Waals surface area contributed by atoms with Crippen LogP contribution in [0.25, 0.3) is 10.9 Å². The first-order valence-corrected chi connectivity index (χ1v) is 10.2. The van der Waals surface area contributed by atoms with Crippen LogP contribution >= 0.6 is 0 Å². The molecule has 7 nitrogen and oxygen atoms in total. The molecule has 0 fully saturated rings. The topological polar surface area (TPSA) is 96.2 Å². The van der Waals surface area contributed by atoms with E-state index in [0.717, 1.165) is 45.6 Å². The highest BCUT2D eigenvalue weighted by molar-refractivity contribution is 5.93. The fourth-order valence-electron chi connectivity index (χ4n) is 3.73. The molecule has 0 bridgehead atoms. The number of benzene rings is 1. The minimum absolute atomic E-state index is 0.0169. The Kier molecular flexibility index (Phi) is 6.82. The van der Waals surface area contributed by atoms with Gasteiger partial charge in [-0.2, -0.15) is 0 Å². The Hall–Kier alpha value is -3.22. The molecule has 0 aliphatic heterocycles. The average Bonchev–Trinajstić information content (AvgIpc) is 3.26. The number of fused-ring (bicyclic) bond motifs is 1. The van der Waals surface area contributed by atoms with Crippen LogP contribution in [0.4, 0.5) is 0 Å². The van der Waals surface area contributed by atoms with E-state index in [1.807, 2.05) is 38.2 Å². The molecule has 3 rings (SSSR count). The summed E-state index contributed by atoms with van der Waals surface area (Å²) in [6.07, 6.45) is 3.59. The predicted octanol–water partition coefficient (Wildman–Crippen LogP) is 3.59. The Balaban J connectivity index is 1.52. The molecule has 2 heterocycles. The molecule has 1 amide bonds. The maximum absolute atomic E-state index is 12.3. The lowest BCUT2D eigenvalue weighted by Crippen LogP contribution is -2.25. The highest BCUT2D eigenvalue weighted by Crippen LogP contribution is 2.24. The summed E-state index contributed by atoms with van der Waals surface area (Å²) in [4.78, 5) is 30.9. The molecule has 0 spiro atoms. The highest BCUT2D eigenvalue weighted by Gasteiger charge is 2.19. The summed E-state index contributed by atoms with van der Waals surface area (Å²) in [5.41, 5.74) is 5.28. The van der Waals surface area contributed by atoms with Crippen LogP contribution in [0.3, 0.4) is 0 Å². The van der Waals surface area contributed by atoms with Crippen LogP contribution in [0.2, 0.25) is 0 Å². The second-order valence-corrected chi connectivity index (χ2v) is 7.27. The Morgan fingerprint density at radius 3 is 2.70 bits per heavy atom. The molecule has 30 heavy (non-hydrogen) atoms. The monoisotopic (exact) mass is 411 g/mol. The number of esters is 1. The molecule has 0 saturated carbocycles. The molecule has 1 aromatic carbocycles. The standard InChI is InChI=1S/C23H29N3O4/c1-5-30-23(28)22-14(2)19(26-15(22)3)8-9-21(27)24-11-10-16-13-25-20-7-6-17(29-4)12-18(16)20/h6-7,12-13,25-26H,5,8-11H2,1-4H3,(H,24,27). The van der Waals surface area contributed by atoms with E-state index in [2.05, 4.69) is 15.3 Å². The number of aromatic nitrogens is 2. The van der Waals surface area contributed by atoms with Crippen LogP contribution in [0, 0.1) is 13.8 Å². The first kappa shape index (κ1) is 21.5. The molecule has 3 aromatic rings. The number of aromatic amines is 2. The summed E-state index contributed by atoms with van der Waals surface area (Å²) >= 11 is 0. The second-order valence-electron chi connectivity index (χ2n) is 7.27. The SMILES string of the molecule is CCOC(=O)c1c(C)[nH]c(CCC(=O)NCCc2c[nH]c3ccc(OC)cc23)c1C. The number of aryl methyl sites for hydroxylation is 2. The number of ether oxygens (including phenoxy) is 2. The third-order valence-electron chi connectivity index (χ3n) is 5.31. The van der Waals surface area contributed by atoms with Crippen molar-refractivity contribution in [2.75, 3.05) is 20.3 Å². The number of hydrogen-bond acceptors (Lipinski definition) is 4. The summed E-state index contributed by atoms with van der Waals surface area (Å²) < 4.78 is 10.4. The van der Waals surface area contributed by atoms with Gasteiger partial charge in [-0.3, -0.25) is 4.79 Å². The lowest BCUT2D eigenvalue weighted by atomic mass is 10.1. The van der Waals surface area contributed by atoms with Crippen molar-refractivity contribution in [3.05, 3.63) is 52.5 Å². The van der Waals surface area contributed by atoms with Crippen LogP contribution in [-0.4, -0.2) is 42.1 Å². The molecule has 7 heteroatoms. The molecular formula is C23H29N3O4. The Morgan fingerprint density at radius 2 is 1.97 bits per heavy atom. The lowest BCUT2D eigenvalue weighted by molar-refractivity contribution is -0.121. The molecule has 0 atom stereocenters. The van der Waals surface area contributed by atoms with E-state index in [4.69, 9.17) is 9.47 Å². The smallest absolute Gasteiger partial charge is 0.340 e. The van der Waals surface area contributed by atoms with Gasteiger partial charge < -0.3 is 24.8 Å². The predicted molar refractivity (Wildman–Crippen MR) is 116 cm³/mol. The van der Waals surface area contributed by atoms with Gasteiger partial charge in [-0.15, -0.1) is 0 Å². The number of H-pyrrole nitrogens is 2. The number of hydrogen-bond donors (Lipinski definition) is 3. The minimum Gasteiger partial charge on any atom is -0.497 e. The third-order valence-corrected chi connectivity index (χ3v) is 5.31. The van der Waals surface area contributed by atoms with Crippen molar-refractivity contribution < 1.29 is 19.1 Å². The van der Waals surface area contributed by atoms with Crippen molar-refractivity contribution >= 4 is 22.8 Å². The summed E-state index contributed by atoms with van der Waals surface area (Å²) in [6.45, 7) is 6.41.